The molecular weight excluding hydrogens is 330 g/mol. The van der Waals surface area contributed by atoms with E-state index in [0.717, 1.165) is 35.2 Å². The summed E-state index contributed by atoms with van der Waals surface area (Å²) in [5.41, 5.74) is 1.07. The van der Waals surface area contributed by atoms with Crippen LogP contribution in [0.25, 0.3) is 0 Å². The Morgan fingerprint density at radius 1 is 1.30 bits per heavy atom. The lowest BCUT2D eigenvalue weighted by atomic mass is 10.1. The minimum atomic E-state index is 0.219. The molecule has 0 saturated carbocycles. The van der Waals surface area contributed by atoms with Crippen molar-refractivity contribution in [3.63, 3.8) is 0 Å². The van der Waals surface area contributed by atoms with Crippen molar-refractivity contribution in [2.45, 2.75) is 43.9 Å². The molecule has 1 unspecified atom stereocenters. The van der Waals surface area contributed by atoms with Crippen LogP contribution in [0.2, 0.25) is 0 Å². The minimum Gasteiger partial charge on any atom is -0.454 e. The Labute approximate surface area is 145 Å². The first-order valence-corrected chi connectivity index (χ1v) is 10.5. The Morgan fingerprint density at radius 3 is 3.00 bits per heavy atom. The second-order valence-corrected chi connectivity index (χ2v) is 8.80. The molecule has 6 heteroatoms. The van der Waals surface area contributed by atoms with Gasteiger partial charge in [0, 0.05) is 31.0 Å². The van der Waals surface area contributed by atoms with E-state index < -0.39 is 0 Å². The van der Waals surface area contributed by atoms with Crippen molar-refractivity contribution in [3.8, 4) is 11.5 Å². The van der Waals surface area contributed by atoms with Crippen LogP contribution in [0.15, 0.2) is 18.2 Å². The van der Waals surface area contributed by atoms with E-state index in [1.54, 1.807) is 4.90 Å². The van der Waals surface area contributed by atoms with Gasteiger partial charge in [-0.05, 0) is 37.0 Å². The molecule has 0 bridgehead atoms. The number of carbonyl (C=O) groups is 1. The molecular formula is C17H23NO3S2. The van der Waals surface area contributed by atoms with Gasteiger partial charge >= 0.3 is 0 Å². The SMILES string of the molecule is CN(Cc1ccc2c(c1)OCO2)C(=O)CCCCC1CCSS1. The molecule has 2 aliphatic heterocycles. The van der Waals surface area contributed by atoms with Crippen LogP contribution in [-0.4, -0.2) is 35.7 Å². The number of nitrogens with zero attached hydrogens (tertiary/aromatic N) is 1. The smallest absolute Gasteiger partial charge is 0.231 e. The lowest BCUT2D eigenvalue weighted by Gasteiger charge is -2.17. The van der Waals surface area contributed by atoms with E-state index in [9.17, 15) is 4.79 Å². The summed E-state index contributed by atoms with van der Waals surface area (Å²) in [6.07, 6.45) is 5.36. The fraction of sp³-hybridized carbons (Fsp3) is 0.588. The van der Waals surface area contributed by atoms with Crippen molar-refractivity contribution < 1.29 is 14.3 Å². The molecule has 0 aromatic heterocycles. The molecule has 0 aliphatic carbocycles. The summed E-state index contributed by atoms with van der Waals surface area (Å²) in [6.45, 7) is 0.899. The Kier molecular flexibility index (Phi) is 6.00. The molecule has 1 fully saturated rings. The molecule has 1 aromatic carbocycles. The first-order valence-electron chi connectivity index (χ1n) is 8.13. The number of hydrogen-bond acceptors (Lipinski definition) is 5. The molecule has 0 radical (unpaired) electrons. The van der Waals surface area contributed by atoms with Gasteiger partial charge in [-0.25, -0.2) is 0 Å². The summed E-state index contributed by atoms with van der Waals surface area (Å²) in [5.74, 6) is 3.06. The summed E-state index contributed by atoms with van der Waals surface area (Å²) in [4.78, 5) is 14.0. The fourth-order valence-corrected chi connectivity index (χ4v) is 5.83. The second-order valence-electron chi connectivity index (χ2n) is 6.01. The predicted molar refractivity (Wildman–Crippen MR) is 96.0 cm³/mol. The number of ether oxygens (including phenoxy) is 2. The van der Waals surface area contributed by atoms with Gasteiger partial charge in [-0.3, -0.25) is 4.79 Å². The van der Waals surface area contributed by atoms with Gasteiger partial charge < -0.3 is 14.4 Å². The first kappa shape index (κ1) is 16.8. The monoisotopic (exact) mass is 353 g/mol. The van der Waals surface area contributed by atoms with Gasteiger partial charge in [0.25, 0.3) is 0 Å². The zero-order valence-corrected chi connectivity index (χ0v) is 15.1. The molecule has 126 valence electrons. The van der Waals surface area contributed by atoms with Crippen LogP contribution >= 0.6 is 21.6 Å². The van der Waals surface area contributed by atoms with Gasteiger partial charge in [-0.15, -0.1) is 0 Å². The summed E-state index contributed by atoms with van der Waals surface area (Å²) in [5, 5.41) is 0.807. The number of rotatable bonds is 7. The van der Waals surface area contributed by atoms with Crippen molar-refractivity contribution >= 4 is 27.5 Å². The quantitative estimate of drug-likeness (QED) is 0.545. The van der Waals surface area contributed by atoms with Crippen molar-refractivity contribution in [1.29, 1.82) is 0 Å². The molecule has 2 aliphatic rings. The standard InChI is InChI=1S/C17H23NO3S2/c1-18(11-13-6-7-15-16(10-13)21-12-20-15)17(19)5-3-2-4-14-8-9-22-23-14/h6-7,10,14H,2-5,8-9,11-12H2,1H3. The molecule has 0 N–H and O–H groups in total. The lowest BCUT2D eigenvalue weighted by molar-refractivity contribution is -0.130. The maximum absolute atomic E-state index is 12.2. The molecule has 1 aromatic rings. The average Bonchev–Trinajstić information content (AvgIpc) is 3.22. The van der Waals surface area contributed by atoms with Crippen LogP contribution in [0, 0.1) is 0 Å². The maximum Gasteiger partial charge on any atom is 0.231 e. The summed E-state index contributed by atoms with van der Waals surface area (Å²) in [6, 6.07) is 5.86. The molecule has 1 atom stereocenters. The Balaban J connectivity index is 1.38. The average molecular weight is 354 g/mol. The van der Waals surface area contributed by atoms with Gasteiger partial charge in [0.15, 0.2) is 11.5 Å². The molecule has 23 heavy (non-hydrogen) atoms. The van der Waals surface area contributed by atoms with Gasteiger partial charge in [0.1, 0.15) is 0 Å². The third-order valence-corrected chi connectivity index (χ3v) is 7.18. The third-order valence-electron chi connectivity index (χ3n) is 4.18. The van der Waals surface area contributed by atoms with E-state index >= 15 is 0 Å². The van der Waals surface area contributed by atoms with Crippen molar-refractivity contribution in [3.05, 3.63) is 23.8 Å². The number of benzene rings is 1. The zero-order chi connectivity index (χ0) is 16.1. The molecule has 1 saturated heterocycles. The van der Waals surface area contributed by atoms with Crippen LogP contribution in [-0.2, 0) is 11.3 Å². The minimum absolute atomic E-state index is 0.219. The van der Waals surface area contributed by atoms with Gasteiger partial charge in [0.2, 0.25) is 12.7 Å². The first-order chi connectivity index (χ1) is 11.2. The number of unbranched alkanes of at least 4 members (excludes halogenated alkanes) is 1. The fourth-order valence-electron chi connectivity index (χ4n) is 2.80. The van der Waals surface area contributed by atoms with Crippen molar-refractivity contribution in [1.82, 2.24) is 4.90 Å². The van der Waals surface area contributed by atoms with E-state index in [0.29, 0.717) is 13.0 Å². The van der Waals surface area contributed by atoms with Gasteiger partial charge in [-0.2, -0.15) is 0 Å². The highest BCUT2D eigenvalue weighted by Gasteiger charge is 2.17. The topological polar surface area (TPSA) is 38.8 Å². The Bertz CT molecular complexity index is 547. The predicted octanol–water partition coefficient (Wildman–Crippen LogP) is 4.09. The summed E-state index contributed by atoms with van der Waals surface area (Å²) < 4.78 is 10.7. The number of amides is 1. The normalized spacial score (nSPS) is 19.1. The molecule has 4 nitrogen and oxygen atoms in total. The highest BCUT2D eigenvalue weighted by atomic mass is 33.1. The highest BCUT2D eigenvalue weighted by molar-refractivity contribution is 8.77. The number of hydrogen-bond donors (Lipinski definition) is 0. The van der Waals surface area contributed by atoms with Gasteiger partial charge in [-0.1, -0.05) is 34.1 Å². The van der Waals surface area contributed by atoms with E-state index in [1.165, 1.54) is 18.6 Å². The van der Waals surface area contributed by atoms with Gasteiger partial charge in [0.05, 0.1) is 0 Å². The van der Waals surface area contributed by atoms with Crippen LogP contribution < -0.4 is 9.47 Å². The summed E-state index contributed by atoms with van der Waals surface area (Å²) >= 11 is 0. The molecule has 1 amide bonds. The largest absolute Gasteiger partial charge is 0.454 e. The lowest BCUT2D eigenvalue weighted by Crippen LogP contribution is -2.25. The van der Waals surface area contributed by atoms with Crippen LogP contribution in [0.1, 0.15) is 37.7 Å². The Morgan fingerprint density at radius 2 is 2.17 bits per heavy atom. The number of carbonyl (C=O) groups excluding carboxylic acids is 1. The molecule has 2 heterocycles. The maximum atomic E-state index is 12.2. The number of fused-ring (bicyclic) bond motifs is 1. The second kappa shape index (κ2) is 8.20. The molecule has 3 rings (SSSR count). The van der Waals surface area contributed by atoms with Crippen LogP contribution in [0.4, 0.5) is 0 Å². The van der Waals surface area contributed by atoms with E-state index in [-0.39, 0.29) is 12.7 Å². The van der Waals surface area contributed by atoms with E-state index in [1.807, 2.05) is 46.8 Å². The van der Waals surface area contributed by atoms with Crippen molar-refractivity contribution in [2.75, 3.05) is 19.6 Å². The van der Waals surface area contributed by atoms with E-state index in [4.69, 9.17) is 9.47 Å². The zero-order valence-electron chi connectivity index (χ0n) is 13.5. The Hall–Kier alpha value is -1.01. The molecule has 0 spiro atoms. The van der Waals surface area contributed by atoms with E-state index in [2.05, 4.69) is 0 Å². The van der Waals surface area contributed by atoms with Crippen LogP contribution in [0.3, 0.4) is 0 Å². The highest BCUT2D eigenvalue weighted by Crippen LogP contribution is 2.40. The third kappa shape index (κ3) is 4.73. The summed E-state index contributed by atoms with van der Waals surface area (Å²) in [7, 11) is 5.87. The van der Waals surface area contributed by atoms with Crippen molar-refractivity contribution in [2.24, 2.45) is 0 Å². The van der Waals surface area contributed by atoms with Crippen LogP contribution in [0.5, 0.6) is 11.5 Å².